The Kier molecular flexibility index (Phi) is 5.26. The molecule has 1 aromatic carbocycles. The Morgan fingerprint density at radius 3 is 3.04 bits per heavy atom. The number of piperidine rings is 1. The SMILES string of the molecule is O=C(Nc1cccnc1)C1CCCN(Cc2cccc(Cl)c2)C1. The molecule has 1 amide bonds. The average Bonchev–Trinajstić information content (AvgIpc) is 2.56. The van der Waals surface area contributed by atoms with Crippen LogP contribution >= 0.6 is 11.6 Å². The highest BCUT2D eigenvalue weighted by Crippen LogP contribution is 2.21. The monoisotopic (exact) mass is 329 g/mol. The van der Waals surface area contributed by atoms with Crippen LogP contribution < -0.4 is 5.32 Å². The van der Waals surface area contributed by atoms with Crippen molar-refractivity contribution in [1.82, 2.24) is 9.88 Å². The molecule has 4 nitrogen and oxygen atoms in total. The fourth-order valence-corrected chi connectivity index (χ4v) is 3.20. The molecule has 5 heteroatoms. The lowest BCUT2D eigenvalue weighted by molar-refractivity contribution is -0.121. The molecule has 0 radical (unpaired) electrons. The van der Waals surface area contributed by atoms with Gasteiger partial charge in [0.15, 0.2) is 0 Å². The van der Waals surface area contributed by atoms with Gasteiger partial charge >= 0.3 is 0 Å². The van der Waals surface area contributed by atoms with E-state index in [0.717, 1.165) is 43.2 Å². The Labute approximate surface area is 141 Å². The van der Waals surface area contributed by atoms with Gasteiger partial charge in [-0.05, 0) is 49.2 Å². The van der Waals surface area contributed by atoms with Crippen molar-refractivity contribution in [2.75, 3.05) is 18.4 Å². The Morgan fingerprint density at radius 1 is 1.35 bits per heavy atom. The summed E-state index contributed by atoms with van der Waals surface area (Å²) in [6.45, 7) is 2.62. The van der Waals surface area contributed by atoms with Gasteiger partial charge in [-0.15, -0.1) is 0 Å². The van der Waals surface area contributed by atoms with E-state index in [1.54, 1.807) is 12.4 Å². The van der Waals surface area contributed by atoms with Crippen LogP contribution in [0.2, 0.25) is 5.02 Å². The summed E-state index contributed by atoms with van der Waals surface area (Å²) in [5, 5.41) is 3.71. The average molecular weight is 330 g/mol. The van der Waals surface area contributed by atoms with Crippen molar-refractivity contribution in [3.8, 4) is 0 Å². The summed E-state index contributed by atoms with van der Waals surface area (Å²) in [5.74, 6) is 0.0944. The summed E-state index contributed by atoms with van der Waals surface area (Å²) in [6, 6.07) is 11.6. The molecule has 1 unspecified atom stereocenters. The van der Waals surface area contributed by atoms with Gasteiger partial charge in [0.2, 0.25) is 5.91 Å². The van der Waals surface area contributed by atoms with E-state index in [0.29, 0.717) is 0 Å². The molecule has 0 aliphatic carbocycles. The number of anilines is 1. The molecule has 2 heterocycles. The quantitative estimate of drug-likeness (QED) is 0.932. The summed E-state index contributed by atoms with van der Waals surface area (Å²) in [5.41, 5.74) is 1.94. The van der Waals surface area contributed by atoms with E-state index < -0.39 is 0 Å². The maximum atomic E-state index is 12.4. The van der Waals surface area contributed by atoms with E-state index in [9.17, 15) is 4.79 Å². The summed E-state index contributed by atoms with van der Waals surface area (Å²) >= 11 is 6.04. The first kappa shape index (κ1) is 16.0. The molecule has 3 rings (SSSR count). The van der Waals surface area contributed by atoms with E-state index in [1.807, 2.05) is 30.3 Å². The number of halogens is 1. The third kappa shape index (κ3) is 4.53. The zero-order valence-electron chi connectivity index (χ0n) is 12.9. The Bertz CT molecular complexity index is 662. The molecule has 2 aromatic rings. The van der Waals surface area contributed by atoms with Crippen LogP contribution in [0.3, 0.4) is 0 Å². The van der Waals surface area contributed by atoms with Crippen molar-refractivity contribution in [2.24, 2.45) is 5.92 Å². The van der Waals surface area contributed by atoms with Crippen LogP contribution in [0.15, 0.2) is 48.8 Å². The predicted molar refractivity (Wildman–Crippen MR) is 92.3 cm³/mol. The van der Waals surface area contributed by atoms with Crippen molar-refractivity contribution in [3.05, 3.63) is 59.4 Å². The maximum absolute atomic E-state index is 12.4. The minimum absolute atomic E-state index is 0.0168. The highest BCUT2D eigenvalue weighted by Gasteiger charge is 2.25. The van der Waals surface area contributed by atoms with Gasteiger partial charge < -0.3 is 5.32 Å². The highest BCUT2D eigenvalue weighted by molar-refractivity contribution is 6.30. The molecule has 1 N–H and O–H groups in total. The summed E-state index contributed by atoms with van der Waals surface area (Å²) in [7, 11) is 0. The normalized spacial score (nSPS) is 18.6. The molecule has 1 aliphatic rings. The Hall–Kier alpha value is -1.91. The van der Waals surface area contributed by atoms with Gasteiger partial charge in [0, 0.05) is 24.3 Å². The number of hydrogen-bond donors (Lipinski definition) is 1. The third-order valence-corrected chi connectivity index (χ3v) is 4.34. The largest absolute Gasteiger partial charge is 0.324 e. The number of carbonyl (C=O) groups excluding carboxylic acids is 1. The molecule has 1 saturated heterocycles. The van der Waals surface area contributed by atoms with Crippen molar-refractivity contribution < 1.29 is 4.79 Å². The lowest BCUT2D eigenvalue weighted by Gasteiger charge is -2.32. The number of aromatic nitrogens is 1. The predicted octanol–water partition coefficient (Wildman–Crippen LogP) is 3.59. The van der Waals surface area contributed by atoms with Crippen LogP contribution in [0.5, 0.6) is 0 Å². The minimum atomic E-state index is 0.0168. The maximum Gasteiger partial charge on any atom is 0.228 e. The third-order valence-electron chi connectivity index (χ3n) is 4.10. The van der Waals surface area contributed by atoms with Gasteiger partial charge in [0.1, 0.15) is 0 Å². The zero-order chi connectivity index (χ0) is 16.1. The summed E-state index contributed by atoms with van der Waals surface area (Å²) in [4.78, 5) is 18.8. The van der Waals surface area contributed by atoms with Gasteiger partial charge in [-0.3, -0.25) is 14.7 Å². The standard InChI is InChI=1S/C18H20ClN3O/c19-16-6-1-4-14(10-16)12-22-9-3-5-15(13-22)18(23)21-17-7-2-8-20-11-17/h1-2,4,6-8,10-11,15H,3,5,9,12-13H2,(H,21,23). The van der Waals surface area contributed by atoms with Crippen molar-refractivity contribution >= 4 is 23.2 Å². The number of amides is 1. The summed E-state index contributed by atoms with van der Waals surface area (Å²) < 4.78 is 0. The molecule has 23 heavy (non-hydrogen) atoms. The van der Waals surface area contributed by atoms with Crippen LogP contribution in [0.1, 0.15) is 18.4 Å². The molecule has 0 bridgehead atoms. The molecule has 0 spiro atoms. The number of pyridine rings is 1. The second kappa shape index (κ2) is 7.57. The van der Waals surface area contributed by atoms with E-state index in [-0.39, 0.29) is 11.8 Å². The molecule has 1 fully saturated rings. The van der Waals surface area contributed by atoms with Gasteiger partial charge in [-0.2, -0.15) is 0 Å². The number of benzene rings is 1. The van der Waals surface area contributed by atoms with Gasteiger partial charge in [-0.25, -0.2) is 0 Å². The fourth-order valence-electron chi connectivity index (χ4n) is 2.99. The fraction of sp³-hybridized carbons (Fsp3) is 0.333. The van der Waals surface area contributed by atoms with Gasteiger partial charge in [-0.1, -0.05) is 23.7 Å². The molecular formula is C18H20ClN3O. The number of likely N-dealkylation sites (tertiary alicyclic amines) is 1. The van der Waals surface area contributed by atoms with Crippen LogP contribution in [0.25, 0.3) is 0 Å². The van der Waals surface area contributed by atoms with Gasteiger partial charge in [0.05, 0.1) is 17.8 Å². The lowest BCUT2D eigenvalue weighted by atomic mass is 9.96. The second-order valence-corrected chi connectivity index (χ2v) is 6.37. The topological polar surface area (TPSA) is 45.2 Å². The second-order valence-electron chi connectivity index (χ2n) is 5.94. The van der Waals surface area contributed by atoms with E-state index in [2.05, 4.69) is 21.3 Å². The molecule has 1 atom stereocenters. The van der Waals surface area contributed by atoms with Crippen LogP contribution in [0.4, 0.5) is 5.69 Å². The van der Waals surface area contributed by atoms with Crippen LogP contribution in [-0.2, 0) is 11.3 Å². The van der Waals surface area contributed by atoms with Gasteiger partial charge in [0.25, 0.3) is 0 Å². The number of nitrogens with one attached hydrogen (secondary N) is 1. The molecule has 120 valence electrons. The first-order valence-corrected chi connectivity index (χ1v) is 8.26. The highest BCUT2D eigenvalue weighted by atomic mass is 35.5. The number of carbonyl (C=O) groups is 1. The van der Waals surface area contributed by atoms with Crippen molar-refractivity contribution in [3.63, 3.8) is 0 Å². The number of nitrogens with zero attached hydrogens (tertiary/aromatic N) is 2. The zero-order valence-corrected chi connectivity index (χ0v) is 13.7. The minimum Gasteiger partial charge on any atom is -0.324 e. The molecule has 0 saturated carbocycles. The van der Waals surface area contributed by atoms with Crippen molar-refractivity contribution in [1.29, 1.82) is 0 Å². The van der Waals surface area contributed by atoms with E-state index in [1.165, 1.54) is 5.56 Å². The van der Waals surface area contributed by atoms with Crippen molar-refractivity contribution in [2.45, 2.75) is 19.4 Å². The summed E-state index contributed by atoms with van der Waals surface area (Å²) in [6.07, 6.45) is 5.33. The lowest BCUT2D eigenvalue weighted by Crippen LogP contribution is -2.40. The number of hydrogen-bond acceptors (Lipinski definition) is 3. The first-order chi connectivity index (χ1) is 11.2. The molecular weight excluding hydrogens is 310 g/mol. The van der Waals surface area contributed by atoms with E-state index in [4.69, 9.17) is 11.6 Å². The molecule has 1 aromatic heterocycles. The molecule has 1 aliphatic heterocycles. The smallest absolute Gasteiger partial charge is 0.228 e. The van der Waals surface area contributed by atoms with E-state index >= 15 is 0 Å². The van der Waals surface area contributed by atoms with Crippen LogP contribution in [-0.4, -0.2) is 28.9 Å². The first-order valence-electron chi connectivity index (χ1n) is 7.88. The Balaban J connectivity index is 1.58. The number of rotatable bonds is 4. The van der Waals surface area contributed by atoms with Crippen LogP contribution in [0, 0.1) is 5.92 Å². The Morgan fingerprint density at radius 2 is 2.26 bits per heavy atom.